The first-order chi connectivity index (χ1) is 8.25. The maximum atomic E-state index is 10.9. The Morgan fingerprint density at radius 1 is 1.41 bits per heavy atom. The van der Waals surface area contributed by atoms with Crippen LogP contribution in [0.3, 0.4) is 0 Å². The molecule has 3 rings (SSSR count). The molecule has 1 aromatic carbocycles. The second-order valence-electron chi connectivity index (χ2n) is 4.30. The van der Waals surface area contributed by atoms with Crippen LogP contribution in [0.15, 0.2) is 36.8 Å². The molecule has 1 N–H and O–H groups in total. The average molecular weight is 228 g/mol. The van der Waals surface area contributed by atoms with Gasteiger partial charge in [0, 0.05) is 11.6 Å². The summed E-state index contributed by atoms with van der Waals surface area (Å²) in [5.74, 6) is -0.899. The fourth-order valence-electron chi connectivity index (χ4n) is 1.98. The molecule has 0 radical (unpaired) electrons. The summed E-state index contributed by atoms with van der Waals surface area (Å²) in [6.45, 7) is 0. The molecule has 4 heteroatoms. The molecular weight excluding hydrogens is 216 g/mol. The monoisotopic (exact) mass is 228 g/mol. The molecule has 0 amide bonds. The van der Waals surface area contributed by atoms with Gasteiger partial charge >= 0.3 is 5.97 Å². The van der Waals surface area contributed by atoms with E-state index in [1.165, 1.54) is 12.8 Å². The highest BCUT2D eigenvalue weighted by Gasteiger charge is 2.25. The van der Waals surface area contributed by atoms with Crippen LogP contribution in [0.1, 0.15) is 29.2 Å². The lowest BCUT2D eigenvalue weighted by Crippen LogP contribution is -1.98. The number of hydrogen-bond acceptors (Lipinski definition) is 2. The summed E-state index contributed by atoms with van der Waals surface area (Å²) >= 11 is 0. The zero-order valence-electron chi connectivity index (χ0n) is 9.21. The van der Waals surface area contributed by atoms with Crippen LogP contribution in [0.25, 0.3) is 11.3 Å². The van der Waals surface area contributed by atoms with Gasteiger partial charge in [-0.1, -0.05) is 12.1 Å². The largest absolute Gasteiger partial charge is 0.478 e. The Morgan fingerprint density at radius 2 is 2.24 bits per heavy atom. The van der Waals surface area contributed by atoms with Crippen molar-refractivity contribution in [2.24, 2.45) is 0 Å². The molecule has 0 unspecified atom stereocenters. The van der Waals surface area contributed by atoms with Crippen LogP contribution in [0.5, 0.6) is 0 Å². The van der Waals surface area contributed by atoms with E-state index in [1.807, 2.05) is 12.4 Å². The molecule has 0 spiro atoms. The molecule has 1 fully saturated rings. The number of carboxylic acid groups (broad SMARTS) is 1. The van der Waals surface area contributed by atoms with Gasteiger partial charge in [0.2, 0.25) is 0 Å². The lowest BCUT2D eigenvalue weighted by Gasteiger charge is -2.07. The number of imidazole rings is 1. The highest BCUT2D eigenvalue weighted by molar-refractivity contribution is 5.89. The van der Waals surface area contributed by atoms with Crippen LogP contribution < -0.4 is 0 Å². The van der Waals surface area contributed by atoms with E-state index >= 15 is 0 Å². The number of benzene rings is 1. The Labute approximate surface area is 98.5 Å². The smallest absolute Gasteiger partial charge is 0.335 e. The minimum absolute atomic E-state index is 0.311. The maximum Gasteiger partial charge on any atom is 0.335 e. The van der Waals surface area contributed by atoms with Crippen molar-refractivity contribution in [3.8, 4) is 11.3 Å². The van der Waals surface area contributed by atoms with Crippen molar-refractivity contribution >= 4 is 5.97 Å². The molecule has 4 nitrogen and oxygen atoms in total. The fraction of sp³-hybridized carbons (Fsp3) is 0.231. The van der Waals surface area contributed by atoms with Crippen molar-refractivity contribution in [2.75, 3.05) is 0 Å². The number of aromatic nitrogens is 2. The van der Waals surface area contributed by atoms with E-state index in [-0.39, 0.29) is 0 Å². The predicted molar refractivity (Wildman–Crippen MR) is 62.9 cm³/mol. The summed E-state index contributed by atoms with van der Waals surface area (Å²) in [5, 5.41) is 8.98. The number of rotatable bonds is 3. The van der Waals surface area contributed by atoms with E-state index in [4.69, 9.17) is 5.11 Å². The Bertz CT molecular complexity index is 570. The van der Waals surface area contributed by atoms with Crippen molar-refractivity contribution in [3.05, 3.63) is 42.4 Å². The first-order valence-electron chi connectivity index (χ1n) is 5.61. The molecule has 0 aliphatic heterocycles. The van der Waals surface area contributed by atoms with Gasteiger partial charge in [-0.2, -0.15) is 0 Å². The number of hydrogen-bond donors (Lipinski definition) is 1. The summed E-state index contributed by atoms with van der Waals surface area (Å²) in [4.78, 5) is 15.1. The van der Waals surface area contributed by atoms with Crippen molar-refractivity contribution in [1.82, 2.24) is 9.55 Å². The summed E-state index contributed by atoms with van der Waals surface area (Å²) in [5.41, 5.74) is 2.22. The quantitative estimate of drug-likeness (QED) is 0.878. The van der Waals surface area contributed by atoms with Crippen LogP contribution in [0.2, 0.25) is 0 Å². The average Bonchev–Trinajstić information content (AvgIpc) is 3.07. The summed E-state index contributed by atoms with van der Waals surface area (Å²) < 4.78 is 2.13. The van der Waals surface area contributed by atoms with Crippen molar-refractivity contribution < 1.29 is 9.90 Å². The van der Waals surface area contributed by atoms with Crippen LogP contribution in [0.4, 0.5) is 0 Å². The van der Waals surface area contributed by atoms with Gasteiger partial charge in [0.25, 0.3) is 0 Å². The van der Waals surface area contributed by atoms with Gasteiger partial charge in [-0.3, -0.25) is 0 Å². The minimum Gasteiger partial charge on any atom is -0.478 e. The number of nitrogens with zero attached hydrogens (tertiary/aromatic N) is 2. The lowest BCUT2D eigenvalue weighted by molar-refractivity contribution is 0.0697. The van der Waals surface area contributed by atoms with Crippen LogP contribution in [-0.4, -0.2) is 20.6 Å². The number of carboxylic acids is 1. The molecule has 1 saturated carbocycles. The van der Waals surface area contributed by atoms with E-state index in [0.29, 0.717) is 11.6 Å². The molecule has 0 atom stereocenters. The summed E-state index contributed by atoms with van der Waals surface area (Å²) in [7, 11) is 0. The maximum absolute atomic E-state index is 10.9. The second kappa shape index (κ2) is 3.73. The van der Waals surface area contributed by atoms with E-state index in [0.717, 1.165) is 11.3 Å². The highest BCUT2D eigenvalue weighted by Crippen LogP contribution is 2.38. The number of carbonyl (C=O) groups is 1. The molecule has 2 aromatic rings. The molecule has 1 heterocycles. The zero-order chi connectivity index (χ0) is 11.8. The molecule has 1 aliphatic carbocycles. The normalized spacial score (nSPS) is 14.8. The Hall–Kier alpha value is -2.10. The van der Waals surface area contributed by atoms with Crippen LogP contribution in [-0.2, 0) is 0 Å². The Morgan fingerprint density at radius 3 is 2.94 bits per heavy atom. The third-order valence-electron chi connectivity index (χ3n) is 3.01. The number of aromatic carboxylic acids is 1. The minimum atomic E-state index is -0.899. The van der Waals surface area contributed by atoms with Crippen LogP contribution >= 0.6 is 0 Å². The van der Waals surface area contributed by atoms with E-state index in [2.05, 4.69) is 9.55 Å². The zero-order valence-corrected chi connectivity index (χ0v) is 9.21. The van der Waals surface area contributed by atoms with E-state index in [9.17, 15) is 4.79 Å². The predicted octanol–water partition coefficient (Wildman–Crippen LogP) is 2.58. The third kappa shape index (κ3) is 1.82. The fourth-order valence-corrected chi connectivity index (χ4v) is 1.98. The second-order valence-corrected chi connectivity index (χ2v) is 4.30. The van der Waals surface area contributed by atoms with Gasteiger partial charge in [-0.15, -0.1) is 0 Å². The standard InChI is InChI=1S/C13H12N2O2/c16-13(17)10-3-1-2-9(6-10)12-7-14-8-15(12)11-4-5-11/h1-3,6-8,11H,4-5H2,(H,16,17). The van der Waals surface area contributed by atoms with Gasteiger partial charge in [-0.25, -0.2) is 9.78 Å². The van der Waals surface area contributed by atoms with Gasteiger partial charge in [0.15, 0.2) is 0 Å². The molecule has 0 saturated heterocycles. The van der Waals surface area contributed by atoms with E-state index < -0.39 is 5.97 Å². The van der Waals surface area contributed by atoms with Gasteiger partial charge in [0.1, 0.15) is 0 Å². The summed E-state index contributed by atoms with van der Waals surface area (Å²) in [6.07, 6.45) is 5.98. The molecule has 0 bridgehead atoms. The van der Waals surface area contributed by atoms with Crippen molar-refractivity contribution in [2.45, 2.75) is 18.9 Å². The molecule has 1 aliphatic rings. The summed E-state index contributed by atoms with van der Waals surface area (Å²) in [6, 6.07) is 7.52. The highest BCUT2D eigenvalue weighted by atomic mass is 16.4. The molecule has 17 heavy (non-hydrogen) atoms. The van der Waals surface area contributed by atoms with Crippen molar-refractivity contribution in [3.63, 3.8) is 0 Å². The molecule has 86 valence electrons. The molecule has 1 aromatic heterocycles. The SMILES string of the molecule is O=C(O)c1cccc(-c2cncn2C2CC2)c1. The van der Waals surface area contributed by atoms with Gasteiger partial charge < -0.3 is 9.67 Å². The van der Waals surface area contributed by atoms with E-state index in [1.54, 1.807) is 24.4 Å². The Kier molecular flexibility index (Phi) is 2.21. The topological polar surface area (TPSA) is 55.1 Å². The molecular formula is C13H12N2O2. The first kappa shape index (κ1) is 10.1. The lowest BCUT2D eigenvalue weighted by atomic mass is 10.1. The third-order valence-corrected chi connectivity index (χ3v) is 3.01. The van der Waals surface area contributed by atoms with Gasteiger partial charge in [0.05, 0.1) is 23.8 Å². The first-order valence-corrected chi connectivity index (χ1v) is 5.61. The van der Waals surface area contributed by atoms with Crippen molar-refractivity contribution in [1.29, 1.82) is 0 Å². The Balaban J connectivity index is 2.05. The van der Waals surface area contributed by atoms with Crippen LogP contribution in [0, 0.1) is 0 Å². The van der Waals surface area contributed by atoms with Gasteiger partial charge in [-0.05, 0) is 25.0 Å².